The van der Waals surface area contributed by atoms with Crippen molar-refractivity contribution >= 4 is 33.3 Å². The molecular formula is C27H24BrNO5. The Morgan fingerprint density at radius 2 is 1.79 bits per heavy atom. The Morgan fingerprint density at radius 1 is 1.03 bits per heavy atom. The lowest BCUT2D eigenvalue weighted by atomic mass is 9.88. The van der Waals surface area contributed by atoms with Gasteiger partial charge in [0.2, 0.25) is 0 Å². The lowest BCUT2D eigenvalue weighted by Crippen LogP contribution is -2.41. The number of ketones is 1. The smallest absolute Gasteiger partial charge is 0.264 e. The van der Waals surface area contributed by atoms with Gasteiger partial charge in [0.25, 0.3) is 5.91 Å². The Balaban J connectivity index is 1.49. The fraction of sp³-hybridized carbons (Fsp3) is 0.259. The van der Waals surface area contributed by atoms with Crippen LogP contribution >= 0.6 is 15.9 Å². The number of carbonyl (C=O) groups excluding carboxylic acids is 2. The fourth-order valence-electron chi connectivity index (χ4n) is 4.54. The molecule has 1 N–H and O–H groups in total. The summed E-state index contributed by atoms with van der Waals surface area (Å²) in [6.07, 6.45) is -0.377. The highest BCUT2D eigenvalue weighted by atomic mass is 79.9. The van der Waals surface area contributed by atoms with Crippen molar-refractivity contribution in [3.05, 3.63) is 86.9 Å². The largest absolute Gasteiger partial charge is 0.486 e. The molecule has 0 saturated carbocycles. The molecule has 2 aliphatic heterocycles. The van der Waals surface area contributed by atoms with E-state index in [4.69, 9.17) is 9.47 Å². The molecule has 0 radical (unpaired) electrons. The zero-order valence-corrected chi connectivity index (χ0v) is 20.5. The third-order valence-corrected chi connectivity index (χ3v) is 6.90. The number of hydrogen-bond acceptors (Lipinski definition) is 5. The van der Waals surface area contributed by atoms with E-state index in [2.05, 4.69) is 15.9 Å². The summed E-state index contributed by atoms with van der Waals surface area (Å²) in [4.78, 5) is 28.5. The molecule has 2 heterocycles. The topological polar surface area (TPSA) is 76.1 Å². The number of benzene rings is 3. The quantitative estimate of drug-likeness (QED) is 0.486. The summed E-state index contributed by atoms with van der Waals surface area (Å²) in [6.45, 7) is 5.16. The molecule has 5 rings (SSSR count). The molecule has 0 aliphatic carbocycles. The van der Waals surface area contributed by atoms with Crippen LogP contribution in [-0.2, 0) is 16.9 Å². The molecule has 34 heavy (non-hydrogen) atoms. The summed E-state index contributed by atoms with van der Waals surface area (Å²) in [5.74, 6) is 0.202. The molecule has 0 saturated heterocycles. The number of aliphatic hydroxyl groups is 1. The first-order valence-corrected chi connectivity index (χ1v) is 11.9. The lowest BCUT2D eigenvalue weighted by Gasteiger charge is -2.24. The molecule has 1 atom stereocenters. The fourth-order valence-corrected chi connectivity index (χ4v) is 4.90. The summed E-state index contributed by atoms with van der Waals surface area (Å²) in [5.41, 5.74) is 2.54. The first-order valence-electron chi connectivity index (χ1n) is 11.1. The number of rotatable bonds is 5. The van der Waals surface area contributed by atoms with Gasteiger partial charge >= 0.3 is 0 Å². The predicted octanol–water partition coefficient (Wildman–Crippen LogP) is 4.84. The normalized spacial score (nSPS) is 18.7. The van der Waals surface area contributed by atoms with E-state index < -0.39 is 11.5 Å². The molecule has 0 bridgehead atoms. The number of aryl methyl sites for hydroxylation is 2. The van der Waals surface area contributed by atoms with Crippen LogP contribution in [0.1, 0.15) is 39.0 Å². The van der Waals surface area contributed by atoms with Gasteiger partial charge in [0.15, 0.2) is 22.9 Å². The van der Waals surface area contributed by atoms with Crippen molar-refractivity contribution in [3.63, 3.8) is 0 Å². The number of carbonyl (C=O) groups is 2. The SMILES string of the molecule is Cc1ccc(C)c(CN2C(=O)[C@](O)(CC(=O)c3ccc4c(c3)OCCO4)c3cc(Br)ccc32)c1. The van der Waals surface area contributed by atoms with Gasteiger partial charge in [0, 0.05) is 15.6 Å². The van der Waals surface area contributed by atoms with E-state index in [9.17, 15) is 14.7 Å². The van der Waals surface area contributed by atoms with E-state index in [1.54, 1.807) is 35.2 Å². The van der Waals surface area contributed by atoms with E-state index in [1.807, 2.05) is 38.1 Å². The number of anilines is 1. The standard InChI is InChI=1S/C27H24BrNO5/c1-16-3-4-17(2)19(11-16)15-29-22-7-6-20(28)13-21(22)27(32,26(29)31)14-23(30)18-5-8-24-25(12-18)34-10-9-33-24/h3-8,11-13,32H,9-10,14-15H2,1-2H3/t27-/m0/s1. The molecule has 174 valence electrons. The second kappa shape index (κ2) is 8.56. The van der Waals surface area contributed by atoms with Crippen LogP contribution in [0.5, 0.6) is 11.5 Å². The number of amides is 1. The van der Waals surface area contributed by atoms with Gasteiger partial charge < -0.3 is 19.5 Å². The highest BCUT2D eigenvalue weighted by Crippen LogP contribution is 2.45. The number of fused-ring (bicyclic) bond motifs is 2. The minimum Gasteiger partial charge on any atom is -0.486 e. The maximum absolute atomic E-state index is 13.7. The van der Waals surface area contributed by atoms with E-state index in [1.165, 1.54) is 0 Å². The second-order valence-corrected chi connectivity index (χ2v) is 9.72. The van der Waals surface area contributed by atoms with Crippen LogP contribution in [0.4, 0.5) is 5.69 Å². The zero-order chi connectivity index (χ0) is 24.0. The average molecular weight is 522 g/mol. The average Bonchev–Trinajstić information content (AvgIpc) is 3.02. The van der Waals surface area contributed by atoms with E-state index in [0.29, 0.717) is 48.1 Å². The molecule has 2 aliphatic rings. The monoisotopic (exact) mass is 521 g/mol. The van der Waals surface area contributed by atoms with Gasteiger partial charge in [-0.05, 0) is 61.4 Å². The number of hydrogen-bond donors (Lipinski definition) is 1. The summed E-state index contributed by atoms with van der Waals surface area (Å²) in [5, 5.41) is 11.7. The Labute approximate surface area is 206 Å². The molecule has 3 aromatic rings. The van der Waals surface area contributed by atoms with Gasteiger partial charge in [-0.25, -0.2) is 0 Å². The molecule has 6 nitrogen and oxygen atoms in total. The Kier molecular flexibility index (Phi) is 5.70. The number of Topliss-reactive ketones (excluding diaryl/α,β-unsaturated/α-hetero) is 1. The number of halogens is 1. The van der Waals surface area contributed by atoms with Gasteiger partial charge in [-0.15, -0.1) is 0 Å². The Bertz CT molecular complexity index is 1320. The zero-order valence-electron chi connectivity index (χ0n) is 18.9. The molecule has 0 aromatic heterocycles. The van der Waals surface area contributed by atoms with Crippen LogP contribution in [0.15, 0.2) is 59.1 Å². The number of nitrogens with zero attached hydrogens (tertiary/aromatic N) is 1. The van der Waals surface area contributed by atoms with Crippen molar-refractivity contribution in [3.8, 4) is 11.5 Å². The van der Waals surface area contributed by atoms with Crippen molar-refractivity contribution in [2.75, 3.05) is 18.1 Å². The van der Waals surface area contributed by atoms with E-state index >= 15 is 0 Å². The van der Waals surface area contributed by atoms with Crippen molar-refractivity contribution in [2.45, 2.75) is 32.4 Å². The van der Waals surface area contributed by atoms with Gasteiger partial charge in [-0.1, -0.05) is 39.7 Å². The molecule has 7 heteroatoms. The van der Waals surface area contributed by atoms with Crippen molar-refractivity contribution in [2.24, 2.45) is 0 Å². The van der Waals surface area contributed by atoms with Crippen LogP contribution in [-0.4, -0.2) is 30.0 Å². The highest BCUT2D eigenvalue weighted by molar-refractivity contribution is 9.10. The maximum Gasteiger partial charge on any atom is 0.264 e. The van der Waals surface area contributed by atoms with Crippen molar-refractivity contribution in [1.82, 2.24) is 0 Å². The van der Waals surface area contributed by atoms with Gasteiger partial charge in [0.1, 0.15) is 13.2 Å². The van der Waals surface area contributed by atoms with Gasteiger partial charge in [-0.3, -0.25) is 9.59 Å². The summed E-state index contributed by atoms with van der Waals surface area (Å²) in [6, 6.07) is 16.4. The van der Waals surface area contributed by atoms with Crippen LogP contribution < -0.4 is 14.4 Å². The molecule has 0 spiro atoms. The van der Waals surface area contributed by atoms with Crippen LogP contribution in [0.2, 0.25) is 0 Å². The summed E-state index contributed by atoms with van der Waals surface area (Å²) in [7, 11) is 0. The van der Waals surface area contributed by atoms with Crippen molar-refractivity contribution in [1.29, 1.82) is 0 Å². The molecule has 0 unspecified atom stereocenters. The highest BCUT2D eigenvalue weighted by Gasteiger charge is 2.51. The van der Waals surface area contributed by atoms with Crippen LogP contribution in [0, 0.1) is 13.8 Å². The third-order valence-electron chi connectivity index (χ3n) is 6.41. The summed E-state index contributed by atoms with van der Waals surface area (Å²) < 4.78 is 11.8. The minimum absolute atomic E-state index is 0.307. The van der Waals surface area contributed by atoms with Crippen LogP contribution in [0.25, 0.3) is 0 Å². The van der Waals surface area contributed by atoms with Crippen molar-refractivity contribution < 1.29 is 24.2 Å². The predicted molar refractivity (Wildman–Crippen MR) is 132 cm³/mol. The first kappa shape index (κ1) is 22.6. The molecule has 3 aromatic carbocycles. The first-order chi connectivity index (χ1) is 16.3. The van der Waals surface area contributed by atoms with E-state index in [0.717, 1.165) is 21.2 Å². The summed E-state index contributed by atoms with van der Waals surface area (Å²) >= 11 is 3.44. The third kappa shape index (κ3) is 3.89. The second-order valence-electron chi connectivity index (χ2n) is 8.80. The molecule has 0 fully saturated rings. The maximum atomic E-state index is 13.7. The lowest BCUT2D eigenvalue weighted by molar-refractivity contribution is -0.136. The van der Waals surface area contributed by atoms with Crippen LogP contribution in [0.3, 0.4) is 0 Å². The van der Waals surface area contributed by atoms with E-state index in [-0.39, 0.29) is 12.2 Å². The minimum atomic E-state index is -1.97. The molecule has 1 amide bonds. The molecular weight excluding hydrogens is 498 g/mol. The Morgan fingerprint density at radius 3 is 2.59 bits per heavy atom. The van der Waals surface area contributed by atoms with Gasteiger partial charge in [0.05, 0.1) is 18.7 Å². The Hall–Kier alpha value is -3.16. The number of ether oxygens (including phenoxy) is 2. The van der Waals surface area contributed by atoms with Gasteiger partial charge in [-0.2, -0.15) is 0 Å².